The Balaban J connectivity index is 1.48. The average Bonchev–Trinajstić information content (AvgIpc) is 3.53. The summed E-state index contributed by atoms with van der Waals surface area (Å²) in [6, 6.07) is 33.6. The molecule has 0 aliphatic carbocycles. The average molecular weight is 454 g/mol. The Morgan fingerprint density at radius 3 is 2.18 bits per heavy atom. The Morgan fingerprint density at radius 1 is 0.576 bits per heavy atom. The lowest BCUT2D eigenvalue weighted by atomic mass is 9.64. The molecule has 0 saturated carbocycles. The molecular weight excluding hydrogens is 439 g/mol. The van der Waals surface area contributed by atoms with Gasteiger partial charge in [-0.05, 0) is 35.2 Å². The van der Waals surface area contributed by atoms with E-state index >= 15 is 0 Å². The molecule has 6 aromatic rings. The van der Waals surface area contributed by atoms with Gasteiger partial charge in [0.25, 0.3) is 0 Å². The van der Waals surface area contributed by atoms with E-state index in [0.717, 1.165) is 0 Å². The highest BCUT2D eigenvalue weighted by Crippen LogP contribution is 2.62. The third kappa shape index (κ3) is 1.86. The van der Waals surface area contributed by atoms with Crippen LogP contribution in [0.25, 0.3) is 42.4 Å². The summed E-state index contributed by atoms with van der Waals surface area (Å²) in [6.45, 7) is 0.146. The monoisotopic (exact) mass is 454 g/mol. The van der Waals surface area contributed by atoms with E-state index in [1.165, 1.54) is 69.3 Å². The largest absolute Gasteiger partial charge is 0.432 e. The van der Waals surface area contributed by atoms with Crippen molar-refractivity contribution in [1.29, 1.82) is 0 Å². The normalized spacial score (nSPS) is 14.5. The van der Waals surface area contributed by atoms with Crippen LogP contribution in [0.2, 0.25) is 0 Å². The van der Waals surface area contributed by atoms with Crippen molar-refractivity contribution in [1.82, 2.24) is 0 Å². The Kier molecular flexibility index (Phi) is 2.93. The first-order valence-corrected chi connectivity index (χ1v) is 12.9. The van der Waals surface area contributed by atoms with Gasteiger partial charge in [0.05, 0.1) is 5.69 Å². The van der Waals surface area contributed by atoms with Crippen LogP contribution in [0.4, 0.5) is 22.1 Å². The van der Waals surface area contributed by atoms with Crippen LogP contribution in [0.15, 0.2) is 91.0 Å². The number of hydrogen-bond acceptors (Lipinski definition) is 4. The van der Waals surface area contributed by atoms with E-state index in [4.69, 9.17) is 0 Å². The topological polar surface area (TPSA) is 6.48 Å². The number of nitrogens with zero attached hydrogens (tertiary/aromatic N) is 2. The molecule has 3 aliphatic rings. The van der Waals surface area contributed by atoms with Gasteiger partial charge >= 0.3 is 6.98 Å². The van der Waals surface area contributed by atoms with Gasteiger partial charge in [-0.25, -0.2) is 0 Å². The lowest BCUT2D eigenvalue weighted by Gasteiger charge is -2.37. The fraction of sp³-hybridized carbons (Fsp3) is 0. The van der Waals surface area contributed by atoms with Crippen LogP contribution in [-0.2, 0) is 0 Å². The maximum atomic E-state index is 2.63. The zero-order valence-corrected chi connectivity index (χ0v) is 19.1. The van der Waals surface area contributed by atoms with Crippen molar-refractivity contribution in [2.24, 2.45) is 0 Å². The van der Waals surface area contributed by atoms with Crippen molar-refractivity contribution < 1.29 is 0 Å². The molecule has 0 spiro atoms. The highest BCUT2D eigenvalue weighted by molar-refractivity contribution is 7.32. The lowest BCUT2D eigenvalue weighted by Crippen LogP contribution is -2.54. The summed E-state index contributed by atoms with van der Waals surface area (Å²) < 4.78 is 4.18. The molecule has 2 aromatic heterocycles. The zero-order valence-electron chi connectivity index (χ0n) is 17.4. The second-order valence-electron chi connectivity index (χ2n) is 8.92. The van der Waals surface area contributed by atoms with E-state index in [1.54, 1.807) is 0 Å². The van der Waals surface area contributed by atoms with Gasteiger partial charge in [-0.2, -0.15) is 0 Å². The third-order valence-corrected chi connectivity index (χ3v) is 9.72. The van der Waals surface area contributed by atoms with Gasteiger partial charge in [-0.1, -0.05) is 66.7 Å². The van der Waals surface area contributed by atoms with Crippen molar-refractivity contribution in [2.45, 2.75) is 0 Å². The summed E-state index contributed by atoms with van der Waals surface area (Å²) >= 11 is 3.89. The zero-order chi connectivity index (χ0) is 21.3. The van der Waals surface area contributed by atoms with Gasteiger partial charge in [0.2, 0.25) is 0 Å². The molecule has 5 heterocycles. The second-order valence-corrected chi connectivity index (χ2v) is 11.0. The fourth-order valence-corrected chi connectivity index (χ4v) is 8.70. The molecule has 9 rings (SSSR count). The molecule has 0 unspecified atom stereocenters. The Bertz CT molecular complexity index is 1810. The Labute approximate surface area is 199 Å². The van der Waals surface area contributed by atoms with Gasteiger partial charge in [-0.3, -0.25) is 0 Å². The minimum Gasteiger partial charge on any atom is -0.358 e. The first-order valence-electron chi connectivity index (χ1n) is 11.2. The molecule has 0 N–H and O–H groups in total. The van der Waals surface area contributed by atoms with Crippen molar-refractivity contribution in [3.63, 3.8) is 0 Å². The summed E-state index contributed by atoms with van der Waals surface area (Å²) in [4.78, 5) is 5.24. The highest BCUT2D eigenvalue weighted by Gasteiger charge is 2.52. The minimum absolute atomic E-state index is 0.146. The molecule has 0 bridgehead atoms. The SMILES string of the molecule is c1ccc2c(c1)-c1c(sc3ccccc13)B1N2c2sc3cccc4c3c2N1c1ccccc1-4. The lowest BCUT2D eigenvalue weighted by molar-refractivity contribution is 1.39. The summed E-state index contributed by atoms with van der Waals surface area (Å²) in [6.07, 6.45) is 0. The summed E-state index contributed by atoms with van der Waals surface area (Å²) in [5.41, 5.74) is 9.47. The predicted octanol–water partition coefficient (Wildman–Crippen LogP) is 7.76. The van der Waals surface area contributed by atoms with Crippen LogP contribution in [-0.4, -0.2) is 6.98 Å². The third-order valence-electron chi connectivity index (χ3n) is 7.36. The summed E-state index contributed by atoms with van der Waals surface area (Å²) in [5.74, 6) is 0. The van der Waals surface area contributed by atoms with E-state index in [2.05, 4.69) is 101 Å². The van der Waals surface area contributed by atoms with Gasteiger partial charge in [0.15, 0.2) is 0 Å². The van der Waals surface area contributed by atoms with Crippen LogP contribution in [0.5, 0.6) is 0 Å². The van der Waals surface area contributed by atoms with Crippen LogP contribution >= 0.6 is 22.7 Å². The molecule has 33 heavy (non-hydrogen) atoms. The molecule has 0 fully saturated rings. The van der Waals surface area contributed by atoms with Crippen LogP contribution in [0, 0.1) is 0 Å². The van der Waals surface area contributed by atoms with Crippen molar-refractivity contribution in [3.05, 3.63) is 91.0 Å². The minimum atomic E-state index is 0.146. The van der Waals surface area contributed by atoms with E-state index in [1.807, 2.05) is 22.7 Å². The Morgan fingerprint density at radius 2 is 1.27 bits per heavy atom. The van der Waals surface area contributed by atoms with Crippen LogP contribution < -0.4 is 14.4 Å². The highest BCUT2D eigenvalue weighted by atomic mass is 32.1. The number of para-hydroxylation sites is 2. The molecule has 4 aromatic carbocycles. The van der Waals surface area contributed by atoms with Gasteiger partial charge in [0, 0.05) is 47.6 Å². The number of rotatable bonds is 0. The first kappa shape index (κ1) is 17.0. The van der Waals surface area contributed by atoms with Gasteiger partial charge in [0.1, 0.15) is 5.00 Å². The van der Waals surface area contributed by atoms with E-state index < -0.39 is 0 Å². The number of benzene rings is 4. The molecule has 2 nitrogen and oxygen atoms in total. The molecule has 3 aliphatic heterocycles. The van der Waals surface area contributed by atoms with Gasteiger partial charge in [-0.15, -0.1) is 22.7 Å². The van der Waals surface area contributed by atoms with Crippen molar-refractivity contribution >= 4 is 76.7 Å². The quantitative estimate of drug-likeness (QED) is 0.217. The maximum absolute atomic E-state index is 2.63. The predicted molar refractivity (Wildman–Crippen MR) is 144 cm³/mol. The van der Waals surface area contributed by atoms with Crippen molar-refractivity contribution in [2.75, 3.05) is 9.62 Å². The summed E-state index contributed by atoms with van der Waals surface area (Å²) in [7, 11) is 0. The van der Waals surface area contributed by atoms with Crippen LogP contribution in [0.1, 0.15) is 0 Å². The molecule has 0 radical (unpaired) electrons. The fourth-order valence-electron chi connectivity index (χ4n) is 6.14. The molecular formula is C28H15BN2S2. The number of thiophene rings is 2. The van der Waals surface area contributed by atoms with Gasteiger partial charge < -0.3 is 9.62 Å². The standard InChI is InChI=1S/C28H15BN2S2/c1-4-12-20-16(8-1)17-11-7-15-23-25(17)26-28(33-23)31-21-13-5-2-9-18(21)24-19-10-3-6-14-22(19)32-27(24)29(31)30(20)26/h1-15H. The first-order chi connectivity index (χ1) is 16.4. The molecule has 0 saturated heterocycles. The molecule has 0 amide bonds. The van der Waals surface area contributed by atoms with Crippen LogP contribution in [0.3, 0.4) is 0 Å². The second kappa shape index (κ2) is 5.68. The summed E-state index contributed by atoms with van der Waals surface area (Å²) in [5, 5.41) is 4.15. The maximum Gasteiger partial charge on any atom is 0.432 e. The molecule has 0 atom stereocenters. The number of hydrogen-bond donors (Lipinski definition) is 0. The molecule has 5 heteroatoms. The van der Waals surface area contributed by atoms with E-state index in [0.29, 0.717) is 0 Å². The van der Waals surface area contributed by atoms with Crippen molar-refractivity contribution in [3.8, 4) is 22.3 Å². The van der Waals surface area contributed by atoms with E-state index in [-0.39, 0.29) is 6.98 Å². The smallest absolute Gasteiger partial charge is 0.358 e. The molecule has 152 valence electrons. The number of anilines is 4. The number of fused-ring (bicyclic) bond motifs is 13. The van der Waals surface area contributed by atoms with E-state index in [9.17, 15) is 0 Å². The Hall–Kier alpha value is -3.54.